The lowest BCUT2D eigenvalue weighted by Crippen LogP contribution is -2.19. The van der Waals surface area contributed by atoms with Crippen LogP contribution < -0.4 is 5.32 Å². The number of aromatic nitrogens is 3. The Morgan fingerprint density at radius 3 is 2.61 bits per heavy atom. The molecule has 0 saturated heterocycles. The summed E-state index contributed by atoms with van der Waals surface area (Å²) in [5.41, 5.74) is 2.86. The molecular weight excluding hydrogens is 400 g/mol. The molecule has 1 amide bonds. The summed E-state index contributed by atoms with van der Waals surface area (Å²) >= 11 is 0. The van der Waals surface area contributed by atoms with E-state index in [2.05, 4.69) is 15.2 Å². The van der Waals surface area contributed by atoms with Crippen molar-refractivity contribution in [1.29, 1.82) is 0 Å². The molecule has 0 aliphatic heterocycles. The van der Waals surface area contributed by atoms with Gasteiger partial charge >= 0.3 is 11.9 Å². The number of ether oxygens (including phenoxy) is 2. The van der Waals surface area contributed by atoms with E-state index in [0.717, 1.165) is 22.0 Å². The maximum absolute atomic E-state index is 12.4. The van der Waals surface area contributed by atoms with Crippen molar-refractivity contribution >= 4 is 34.6 Å². The highest BCUT2D eigenvalue weighted by Crippen LogP contribution is 2.26. The van der Waals surface area contributed by atoms with Crippen LogP contribution in [0.4, 0.5) is 5.82 Å². The first-order chi connectivity index (χ1) is 14.8. The zero-order valence-electron chi connectivity index (χ0n) is 17.9. The van der Waals surface area contributed by atoms with E-state index in [4.69, 9.17) is 9.72 Å². The van der Waals surface area contributed by atoms with E-state index in [0.29, 0.717) is 5.82 Å². The third-order valence-corrected chi connectivity index (χ3v) is 4.76. The highest BCUT2D eigenvalue weighted by atomic mass is 16.5. The molecule has 2 heterocycles. The summed E-state index contributed by atoms with van der Waals surface area (Å²) in [6.45, 7) is 5.78. The highest BCUT2D eigenvalue weighted by molar-refractivity contribution is 6.01. The van der Waals surface area contributed by atoms with Crippen molar-refractivity contribution in [3.63, 3.8) is 0 Å². The molecule has 2 aromatic heterocycles. The van der Waals surface area contributed by atoms with E-state index in [-0.39, 0.29) is 30.8 Å². The maximum Gasteiger partial charge on any atom is 0.343 e. The molecule has 1 N–H and O–H groups in total. The largest absolute Gasteiger partial charge is 0.469 e. The molecule has 31 heavy (non-hydrogen) atoms. The number of methoxy groups -OCH3 is 1. The molecule has 0 aliphatic rings. The molecule has 3 rings (SSSR count). The van der Waals surface area contributed by atoms with E-state index in [1.54, 1.807) is 6.92 Å². The Morgan fingerprint density at radius 2 is 1.90 bits per heavy atom. The number of carbonyl (C=O) groups excluding carboxylic acids is 3. The minimum atomic E-state index is -0.620. The van der Waals surface area contributed by atoms with Crippen LogP contribution in [-0.2, 0) is 19.1 Å². The van der Waals surface area contributed by atoms with Gasteiger partial charge in [-0.2, -0.15) is 9.78 Å². The summed E-state index contributed by atoms with van der Waals surface area (Å²) in [5, 5.41) is 7.96. The number of fused-ring (bicyclic) bond motifs is 1. The molecule has 9 heteroatoms. The van der Waals surface area contributed by atoms with Gasteiger partial charge in [0.2, 0.25) is 5.91 Å². The number of para-hydroxylation sites is 1. The van der Waals surface area contributed by atoms with Crippen LogP contribution in [-0.4, -0.2) is 46.3 Å². The van der Waals surface area contributed by atoms with Gasteiger partial charge in [-0.1, -0.05) is 18.2 Å². The lowest BCUT2D eigenvalue weighted by atomic mass is 10.1. The third-order valence-electron chi connectivity index (χ3n) is 4.76. The van der Waals surface area contributed by atoms with Crippen LogP contribution in [0.5, 0.6) is 0 Å². The van der Waals surface area contributed by atoms with Gasteiger partial charge in [0.05, 0.1) is 31.9 Å². The second-order valence-electron chi connectivity index (χ2n) is 6.93. The number of esters is 2. The Bertz CT molecular complexity index is 1150. The zero-order chi connectivity index (χ0) is 22.5. The van der Waals surface area contributed by atoms with Crippen LogP contribution in [0.25, 0.3) is 16.7 Å². The molecule has 9 nitrogen and oxygen atoms in total. The number of nitrogens with zero attached hydrogens (tertiary/aromatic N) is 3. The summed E-state index contributed by atoms with van der Waals surface area (Å²) < 4.78 is 11.0. The van der Waals surface area contributed by atoms with E-state index in [9.17, 15) is 14.4 Å². The van der Waals surface area contributed by atoms with Gasteiger partial charge < -0.3 is 14.8 Å². The number of anilines is 1. The van der Waals surface area contributed by atoms with Crippen molar-refractivity contribution in [3.05, 3.63) is 47.2 Å². The molecule has 0 atom stereocenters. The van der Waals surface area contributed by atoms with Gasteiger partial charge in [-0.3, -0.25) is 9.59 Å². The maximum atomic E-state index is 12.4. The second kappa shape index (κ2) is 9.38. The van der Waals surface area contributed by atoms with Crippen molar-refractivity contribution in [1.82, 2.24) is 14.8 Å². The van der Waals surface area contributed by atoms with Gasteiger partial charge in [0.25, 0.3) is 0 Å². The van der Waals surface area contributed by atoms with E-state index < -0.39 is 17.8 Å². The SMILES string of the molecule is CCOC(=O)c1cnn(-c2cc(C)c3cccc(C)c3n2)c1NC(=O)CCC(=O)OC. The minimum absolute atomic E-state index is 0.0856. The van der Waals surface area contributed by atoms with Gasteiger partial charge in [-0.15, -0.1) is 0 Å². The van der Waals surface area contributed by atoms with Crippen molar-refractivity contribution in [2.45, 2.75) is 33.6 Å². The predicted molar refractivity (Wildman–Crippen MR) is 114 cm³/mol. The topological polar surface area (TPSA) is 112 Å². The van der Waals surface area contributed by atoms with Gasteiger partial charge in [0.15, 0.2) is 11.6 Å². The number of amides is 1. The fourth-order valence-electron chi connectivity index (χ4n) is 3.17. The minimum Gasteiger partial charge on any atom is -0.469 e. The molecule has 162 valence electrons. The van der Waals surface area contributed by atoms with Crippen LogP contribution in [0.1, 0.15) is 41.3 Å². The summed E-state index contributed by atoms with van der Waals surface area (Å²) in [7, 11) is 1.25. The van der Waals surface area contributed by atoms with Crippen molar-refractivity contribution in [2.24, 2.45) is 0 Å². The first-order valence-electron chi connectivity index (χ1n) is 9.84. The average Bonchev–Trinajstić information content (AvgIpc) is 3.16. The summed E-state index contributed by atoms with van der Waals surface area (Å²) in [6.07, 6.45) is 1.13. The molecule has 0 bridgehead atoms. The van der Waals surface area contributed by atoms with Crippen molar-refractivity contribution < 1.29 is 23.9 Å². The highest BCUT2D eigenvalue weighted by Gasteiger charge is 2.23. The van der Waals surface area contributed by atoms with E-state index >= 15 is 0 Å². The Hall–Kier alpha value is -3.75. The lowest BCUT2D eigenvalue weighted by molar-refractivity contribution is -0.141. The molecule has 1 aromatic carbocycles. The number of aryl methyl sites for hydroxylation is 2. The summed E-state index contributed by atoms with van der Waals surface area (Å²) in [5.74, 6) is -1.01. The smallest absolute Gasteiger partial charge is 0.343 e. The van der Waals surface area contributed by atoms with Gasteiger partial charge in [0.1, 0.15) is 5.56 Å². The Morgan fingerprint density at radius 1 is 1.13 bits per heavy atom. The normalized spacial score (nSPS) is 10.7. The monoisotopic (exact) mass is 424 g/mol. The standard InChI is InChI=1S/C22H24N4O5/c1-5-31-22(29)16-12-23-26(21(16)25-18(27)9-10-19(28)30-4)17-11-14(3)15-8-6-7-13(2)20(15)24-17/h6-8,11-12H,5,9-10H2,1-4H3,(H,25,27). The van der Waals surface area contributed by atoms with Crippen LogP contribution in [0.2, 0.25) is 0 Å². The molecule has 0 fully saturated rings. The molecule has 0 saturated carbocycles. The zero-order valence-corrected chi connectivity index (χ0v) is 17.9. The van der Waals surface area contributed by atoms with E-state index in [1.807, 2.05) is 38.1 Å². The number of nitrogens with one attached hydrogen (secondary N) is 1. The Balaban J connectivity index is 2.05. The Labute approximate surface area is 179 Å². The lowest BCUT2D eigenvalue weighted by Gasteiger charge is -2.13. The van der Waals surface area contributed by atoms with Gasteiger partial charge in [0, 0.05) is 11.8 Å². The number of rotatable bonds is 7. The third kappa shape index (κ3) is 4.71. The molecule has 3 aromatic rings. The van der Waals surface area contributed by atoms with Crippen LogP contribution >= 0.6 is 0 Å². The average molecular weight is 424 g/mol. The van der Waals surface area contributed by atoms with Crippen LogP contribution in [0.15, 0.2) is 30.5 Å². The first kappa shape index (κ1) is 21.9. The number of carbonyl (C=O) groups is 3. The predicted octanol–water partition coefficient (Wildman–Crippen LogP) is 3.11. The molecule has 0 radical (unpaired) electrons. The van der Waals surface area contributed by atoms with Crippen molar-refractivity contribution in [2.75, 3.05) is 19.0 Å². The molecule has 0 spiro atoms. The van der Waals surface area contributed by atoms with Crippen molar-refractivity contribution in [3.8, 4) is 5.82 Å². The molecule has 0 unspecified atom stereocenters. The number of hydrogen-bond acceptors (Lipinski definition) is 7. The first-order valence-corrected chi connectivity index (χ1v) is 9.84. The summed E-state index contributed by atoms with van der Waals surface area (Å²) in [4.78, 5) is 40.9. The Kier molecular flexibility index (Phi) is 6.64. The van der Waals surface area contributed by atoms with Gasteiger partial charge in [-0.25, -0.2) is 9.78 Å². The number of hydrogen-bond donors (Lipinski definition) is 1. The second-order valence-corrected chi connectivity index (χ2v) is 6.93. The quantitative estimate of drug-likeness (QED) is 0.580. The molecular formula is C22H24N4O5. The fourth-order valence-corrected chi connectivity index (χ4v) is 3.17. The summed E-state index contributed by atoms with van der Waals surface area (Å²) in [6, 6.07) is 7.73. The molecule has 0 aliphatic carbocycles. The van der Waals surface area contributed by atoms with Gasteiger partial charge in [-0.05, 0) is 38.0 Å². The number of pyridine rings is 1. The number of benzene rings is 1. The van der Waals surface area contributed by atoms with E-state index in [1.165, 1.54) is 18.0 Å². The van der Waals surface area contributed by atoms with Crippen LogP contribution in [0, 0.1) is 13.8 Å². The fraction of sp³-hybridized carbons (Fsp3) is 0.318. The van der Waals surface area contributed by atoms with Crippen LogP contribution in [0.3, 0.4) is 0 Å².